The summed E-state index contributed by atoms with van der Waals surface area (Å²) in [7, 11) is 0. The van der Waals surface area contributed by atoms with Crippen LogP contribution in [0.25, 0.3) is 20.4 Å². The zero-order valence-electron chi connectivity index (χ0n) is 17.3. The van der Waals surface area contributed by atoms with Crippen LogP contribution in [0.4, 0.5) is 11.5 Å². The summed E-state index contributed by atoms with van der Waals surface area (Å²) >= 11 is 2.93. The van der Waals surface area contributed by atoms with Crippen LogP contribution < -0.4 is 15.5 Å². The van der Waals surface area contributed by atoms with Crippen molar-refractivity contribution in [1.82, 2.24) is 20.3 Å². The molecule has 3 aromatic heterocycles. The SMILES string of the molecule is CC(C)C(=O)NC[C@@H]1CCc2c(sc3ncnc(Nc4ccc5[nH]c(=O)sc5c4)c23)C1. The van der Waals surface area contributed by atoms with Crippen LogP contribution in [-0.4, -0.2) is 27.4 Å². The van der Waals surface area contributed by atoms with Gasteiger partial charge in [-0.1, -0.05) is 25.2 Å². The maximum Gasteiger partial charge on any atom is 0.305 e. The number of thiazole rings is 1. The third-order valence-electron chi connectivity index (χ3n) is 5.72. The molecule has 3 heterocycles. The first-order chi connectivity index (χ1) is 15.0. The number of aryl methyl sites for hydroxylation is 1. The van der Waals surface area contributed by atoms with Crippen molar-refractivity contribution in [3.8, 4) is 0 Å². The minimum Gasteiger partial charge on any atom is -0.356 e. The Morgan fingerprint density at radius 3 is 3.00 bits per heavy atom. The predicted molar refractivity (Wildman–Crippen MR) is 127 cm³/mol. The summed E-state index contributed by atoms with van der Waals surface area (Å²) in [6.45, 7) is 4.56. The van der Waals surface area contributed by atoms with Gasteiger partial charge in [0.1, 0.15) is 17.0 Å². The van der Waals surface area contributed by atoms with E-state index in [1.807, 2.05) is 32.0 Å². The molecular weight excluding hydrogens is 430 g/mol. The van der Waals surface area contributed by atoms with Crippen molar-refractivity contribution in [3.05, 3.63) is 44.6 Å². The molecule has 1 aliphatic carbocycles. The van der Waals surface area contributed by atoms with Gasteiger partial charge in [0.05, 0.1) is 15.6 Å². The van der Waals surface area contributed by atoms with E-state index < -0.39 is 0 Å². The van der Waals surface area contributed by atoms with E-state index >= 15 is 0 Å². The Kier molecular flexibility index (Phi) is 5.23. The number of fused-ring (bicyclic) bond motifs is 4. The van der Waals surface area contributed by atoms with Crippen LogP contribution in [0.1, 0.15) is 30.7 Å². The number of H-pyrrole nitrogens is 1. The largest absolute Gasteiger partial charge is 0.356 e. The zero-order chi connectivity index (χ0) is 21.5. The molecule has 1 atom stereocenters. The molecule has 0 saturated carbocycles. The number of thiophene rings is 1. The van der Waals surface area contributed by atoms with Gasteiger partial charge in [-0.3, -0.25) is 9.59 Å². The molecular formula is C22H23N5O2S2. The lowest BCUT2D eigenvalue weighted by molar-refractivity contribution is -0.124. The van der Waals surface area contributed by atoms with Crippen LogP contribution in [0.5, 0.6) is 0 Å². The van der Waals surface area contributed by atoms with Gasteiger partial charge in [0.15, 0.2) is 0 Å². The monoisotopic (exact) mass is 453 g/mol. The van der Waals surface area contributed by atoms with Crippen molar-refractivity contribution in [1.29, 1.82) is 0 Å². The van der Waals surface area contributed by atoms with Gasteiger partial charge in [0, 0.05) is 23.0 Å². The first-order valence-electron chi connectivity index (χ1n) is 10.4. The number of hydrogen-bond acceptors (Lipinski definition) is 7. The molecule has 0 aliphatic heterocycles. The Balaban J connectivity index is 1.41. The topological polar surface area (TPSA) is 99.8 Å². The normalized spacial score (nSPS) is 16.0. The lowest BCUT2D eigenvalue weighted by atomic mass is 9.87. The van der Waals surface area contributed by atoms with E-state index in [-0.39, 0.29) is 16.7 Å². The van der Waals surface area contributed by atoms with Gasteiger partial charge < -0.3 is 15.6 Å². The smallest absolute Gasteiger partial charge is 0.305 e. The summed E-state index contributed by atoms with van der Waals surface area (Å²) in [5.41, 5.74) is 3.06. The highest BCUT2D eigenvalue weighted by atomic mass is 32.1. The number of hydrogen-bond donors (Lipinski definition) is 3. The van der Waals surface area contributed by atoms with Crippen molar-refractivity contribution in [2.24, 2.45) is 11.8 Å². The minimum atomic E-state index is -0.0531. The number of aromatic amines is 1. The van der Waals surface area contributed by atoms with Crippen LogP contribution in [0.2, 0.25) is 0 Å². The number of carbonyl (C=O) groups excluding carboxylic acids is 1. The van der Waals surface area contributed by atoms with E-state index in [2.05, 4.69) is 25.6 Å². The summed E-state index contributed by atoms with van der Waals surface area (Å²) in [6.07, 6.45) is 4.55. The summed E-state index contributed by atoms with van der Waals surface area (Å²) < 4.78 is 0.916. The number of carbonyl (C=O) groups is 1. The second-order valence-corrected chi connectivity index (χ2v) is 10.4. The molecule has 1 amide bonds. The zero-order valence-corrected chi connectivity index (χ0v) is 19.0. The second kappa shape index (κ2) is 8.05. The molecule has 0 unspecified atom stereocenters. The Morgan fingerprint density at radius 2 is 2.16 bits per heavy atom. The maximum absolute atomic E-state index is 11.9. The fraction of sp³-hybridized carbons (Fsp3) is 0.364. The number of benzene rings is 1. The van der Waals surface area contributed by atoms with Crippen LogP contribution >= 0.6 is 22.7 Å². The van der Waals surface area contributed by atoms with Crippen molar-refractivity contribution in [3.63, 3.8) is 0 Å². The van der Waals surface area contributed by atoms with E-state index in [0.29, 0.717) is 5.92 Å². The predicted octanol–water partition coefficient (Wildman–Crippen LogP) is 4.22. The number of aromatic nitrogens is 3. The Morgan fingerprint density at radius 1 is 1.29 bits per heavy atom. The quantitative estimate of drug-likeness (QED) is 0.420. The lowest BCUT2D eigenvalue weighted by Gasteiger charge is -2.23. The summed E-state index contributed by atoms with van der Waals surface area (Å²) in [5, 5.41) is 7.61. The molecule has 160 valence electrons. The number of nitrogens with one attached hydrogen (secondary N) is 3. The summed E-state index contributed by atoms with van der Waals surface area (Å²) in [4.78, 5) is 37.7. The van der Waals surface area contributed by atoms with Gasteiger partial charge >= 0.3 is 4.87 Å². The van der Waals surface area contributed by atoms with E-state index in [1.165, 1.54) is 21.8 Å². The standard InChI is InChI=1S/C22H23N5O2S2/c1-11(2)20(28)23-9-12-3-5-14-16(7-12)30-21-18(14)19(24-10-25-21)26-13-4-6-15-17(8-13)31-22(29)27-15/h4,6,8,10-12H,3,5,7,9H2,1-2H3,(H,23,28)(H,27,29)(H,24,25,26)/t12-/m1/s1. The number of nitrogens with zero attached hydrogens (tertiary/aromatic N) is 2. The highest BCUT2D eigenvalue weighted by Crippen LogP contribution is 2.40. The van der Waals surface area contributed by atoms with Gasteiger partial charge in [-0.15, -0.1) is 11.3 Å². The molecule has 3 N–H and O–H groups in total. The molecule has 0 spiro atoms. The van der Waals surface area contributed by atoms with Crippen LogP contribution in [0.15, 0.2) is 29.3 Å². The van der Waals surface area contributed by atoms with Gasteiger partial charge in [-0.25, -0.2) is 9.97 Å². The molecule has 5 rings (SSSR count). The summed E-state index contributed by atoms with van der Waals surface area (Å²) in [6, 6.07) is 5.83. The summed E-state index contributed by atoms with van der Waals surface area (Å²) in [5.74, 6) is 1.38. The molecule has 0 bridgehead atoms. The third kappa shape index (κ3) is 3.95. The molecule has 1 aromatic carbocycles. The van der Waals surface area contributed by atoms with Gasteiger partial charge in [0.2, 0.25) is 5.91 Å². The van der Waals surface area contributed by atoms with Gasteiger partial charge in [0.25, 0.3) is 0 Å². The highest BCUT2D eigenvalue weighted by Gasteiger charge is 2.25. The highest BCUT2D eigenvalue weighted by molar-refractivity contribution is 7.19. The minimum absolute atomic E-state index is 0.0129. The Bertz CT molecular complexity index is 1340. The van der Waals surface area contributed by atoms with Crippen molar-refractivity contribution in [2.45, 2.75) is 33.1 Å². The third-order valence-corrected chi connectivity index (χ3v) is 7.73. The van der Waals surface area contributed by atoms with Crippen LogP contribution in [0, 0.1) is 11.8 Å². The van der Waals surface area contributed by atoms with Crippen LogP contribution in [0.3, 0.4) is 0 Å². The van der Waals surface area contributed by atoms with Crippen LogP contribution in [-0.2, 0) is 17.6 Å². The van der Waals surface area contributed by atoms with Gasteiger partial charge in [-0.2, -0.15) is 0 Å². The average Bonchev–Trinajstić information content (AvgIpc) is 3.30. The fourth-order valence-electron chi connectivity index (χ4n) is 4.06. The van der Waals surface area contributed by atoms with E-state index in [4.69, 9.17) is 0 Å². The maximum atomic E-state index is 11.9. The fourth-order valence-corrected chi connectivity index (χ4v) is 6.13. The first-order valence-corrected chi connectivity index (χ1v) is 12.0. The van der Waals surface area contributed by atoms with Gasteiger partial charge in [-0.05, 0) is 48.9 Å². The molecule has 9 heteroatoms. The number of rotatable bonds is 5. The molecule has 0 fully saturated rings. The number of anilines is 2. The first kappa shape index (κ1) is 20.1. The van der Waals surface area contributed by atoms with Crippen molar-refractivity contribution in [2.75, 3.05) is 11.9 Å². The molecule has 0 saturated heterocycles. The van der Waals surface area contributed by atoms with E-state index in [1.54, 1.807) is 17.7 Å². The molecule has 0 radical (unpaired) electrons. The molecule has 7 nitrogen and oxygen atoms in total. The van der Waals surface area contributed by atoms with Crippen molar-refractivity contribution < 1.29 is 4.79 Å². The lowest BCUT2D eigenvalue weighted by Crippen LogP contribution is -2.34. The second-order valence-electron chi connectivity index (χ2n) is 8.27. The molecule has 4 aromatic rings. The molecule has 31 heavy (non-hydrogen) atoms. The average molecular weight is 454 g/mol. The Labute approximate surface area is 186 Å². The van der Waals surface area contributed by atoms with E-state index in [0.717, 1.165) is 57.7 Å². The van der Waals surface area contributed by atoms with Crippen molar-refractivity contribution >= 4 is 60.5 Å². The van der Waals surface area contributed by atoms with E-state index in [9.17, 15) is 9.59 Å². The molecule has 1 aliphatic rings. The number of amides is 1. The Hall–Kier alpha value is -2.78.